The summed E-state index contributed by atoms with van der Waals surface area (Å²) < 4.78 is 37.9. The molecular formula is C15H13ClF3N. The number of fused-ring (bicyclic) bond motifs is 3. The van der Waals surface area contributed by atoms with Gasteiger partial charge in [-0.2, -0.15) is 13.2 Å². The van der Waals surface area contributed by atoms with Gasteiger partial charge in [-0.25, -0.2) is 0 Å². The van der Waals surface area contributed by atoms with Crippen LogP contribution < -0.4 is 5.73 Å². The molecule has 0 aromatic heterocycles. The van der Waals surface area contributed by atoms with E-state index in [0.29, 0.717) is 6.42 Å². The van der Waals surface area contributed by atoms with E-state index in [-0.39, 0.29) is 18.0 Å². The van der Waals surface area contributed by atoms with Crippen LogP contribution in [-0.4, -0.2) is 6.18 Å². The quantitative estimate of drug-likeness (QED) is 0.714. The molecule has 0 bridgehead atoms. The molecule has 20 heavy (non-hydrogen) atoms. The molecule has 1 nitrogen and oxygen atoms in total. The fraction of sp³-hybridized carbons (Fsp3) is 0.200. The summed E-state index contributed by atoms with van der Waals surface area (Å²) in [6, 6.07) is 10.7. The highest BCUT2D eigenvalue weighted by molar-refractivity contribution is 5.85. The van der Waals surface area contributed by atoms with Gasteiger partial charge in [0.2, 0.25) is 0 Å². The van der Waals surface area contributed by atoms with E-state index in [9.17, 15) is 13.2 Å². The monoisotopic (exact) mass is 299 g/mol. The molecule has 0 heterocycles. The van der Waals surface area contributed by atoms with E-state index >= 15 is 0 Å². The fourth-order valence-corrected chi connectivity index (χ4v) is 2.55. The topological polar surface area (TPSA) is 26.0 Å². The average Bonchev–Trinajstić information content (AvgIpc) is 2.74. The van der Waals surface area contributed by atoms with Crippen molar-refractivity contribution in [2.45, 2.75) is 18.6 Å². The second kappa shape index (κ2) is 5.11. The molecule has 0 amide bonds. The first-order chi connectivity index (χ1) is 8.97. The molecule has 0 saturated heterocycles. The highest BCUT2D eigenvalue weighted by Crippen LogP contribution is 2.39. The molecule has 0 fully saturated rings. The molecule has 2 aromatic rings. The molecule has 106 valence electrons. The zero-order valence-electron chi connectivity index (χ0n) is 10.4. The van der Waals surface area contributed by atoms with Crippen LogP contribution in [0, 0.1) is 0 Å². The summed E-state index contributed by atoms with van der Waals surface area (Å²) in [6.07, 6.45) is -3.73. The lowest BCUT2D eigenvalue weighted by molar-refractivity contribution is -0.149. The van der Waals surface area contributed by atoms with Crippen molar-refractivity contribution in [2.75, 3.05) is 0 Å². The third-order valence-electron chi connectivity index (χ3n) is 3.53. The standard InChI is InChI=1S/C15H12F3N.ClH/c16-15(17,18)14(19)10-5-6-13-11(8-10)7-9-3-1-2-4-12(9)13;/h1-6,8,14H,7,19H2;1H/t14-;/m0./s1. The minimum atomic E-state index is -4.40. The molecule has 0 saturated carbocycles. The number of rotatable bonds is 1. The Morgan fingerprint density at radius 2 is 1.60 bits per heavy atom. The molecule has 0 aliphatic heterocycles. The van der Waals surface area contributed by atoms with Crippen LogP contribution in [0.25, 0.3) is 11.1 Å². The van der Waals surface area contributed by atoms with Crippen molar-refractivity contribution >= 4 is 12.4 Å². The number of hydrogen-bond donors (Lipinski definition) is 1. The smallest absolute Gasteiger partial charge is 0.316 e. The lowest BCUT2D eigenvalue weighted by atomic mass is 10.00. The van der Waals surface area contributed by atoms with Crippen molar-refractivity contribution in [3.05, 3.63) is 59.2 Å². The Hall–Kier alpha value is -1.52. The van der Waals surface area contributed by atoms with E-state index in [1.54, 1.807) is 12.1 Å². The Balaban J connectivity index is 0.00000147. The van der Waals surface area contributed by atoms with Crippen molar-refractivity contribution in [1.29, 1.82) is 0 Å². The van der Waals surface area contributed by atoms with Crippen LogP contribution in [-0.2, 0) is 6.42 Å². The van der Waals surface area contributed by atoms with Gasteiger partial charge in [-0.15, -0.1) is 12.4 Å². The molecule has 1 aliphatic carbocycles. The Kier molecular flexibility index (Phi) is 3.80. The highest BCUT2D eigenvalue weighted by atomic mass is 35.5. The Morgan fingerprint density at radius 3 is 2.30 bits per heavy atom. The van der Waals surface area contributed by atoms with Crippen LogP contribution in [0.1, 0.15) is 22.7 Å². The van der Waals surface area contributed by atoms with Crippen LogP contribution in [0.2, 0.25) is 0 Å². The van der Waals surface area contributed by atoms with Crippen LogP contribution >= 0.6 is 12.4 Å². The number of hydrogen-bond acceptors (Lipinski definition) is 1. The molecule has 0 spiro atoms. The predicted molar refractivity (Wildman–Crippen MR) is 74.9 cm³/mol. The van der Waals surface area contributed by atoms with Gasteiger partial charge >= 0.3 is 6.18 Å². The third-order valence-corrected chi connectivity index (χ3v) is 3.53. The van der Waals surface area contributed by atoms with E-state index in [0.717, 1.165) is 22.3 Å². The summed E-state index contributed by atoms with van der Waals surface area (Å²) in [4.78, 5) is 0. The first kappa shape index (κ1) is 14.9. The van der Waals surface area contributed by atoms with Crippen molar-refractivity contribution in [3.63, 3.8) is 0 Å². The molecular weight excluding hydrogens is 287 g/mol. The molecule has 2 aromatic carbocycles. The van der Waals surface area contributed by atoms with E-state index in [1.807, 2.05) is 24.3 Å². The van der Waals surface area contributed by atoms with Gasteiger partial charge in [-0.05, 0) is 34.2 Å². The average molecular weight is 300 g/mol. The summed E-state index contributed by atoms with van der Waals surface area (Å²) in [5.74, 6) is 0. The van der Waals surface area contributed by atoms with E-state index < -0.39 is 12.2 Å². The zero-order chi connectivity index (χ0) is 13.6. The maximum absolute atomic E-state index is 12.6. The Bertz CT molecular complexity index is 637. The maximum atomic E-state index is 12.6. The number of alkyl halides is 3. The fourth-order valence-electron chi connectivity index (χ4n) is 2.55. The van der Waals surface area contributed by atoms with Crippen LogP contribution in [0.3, 0.4) is 0 Å². The number of halogens is 4. The third kappa shape index (κ3) is 2.41. The molecule has 1 atom stereocenters. The van der Waals surface area contributed by atoms with E-state index in [4.69, 9.17) is 5.73 Å². The van der Waals surface area contributed by atoms with E-state index in [1.165, 1.54) is 6.07 Å². The predicted octanol–water partition coefficient (Wildman–Crippen LogP) is 4.24. The SMILES string of the molecule is Cl.N[C@@H](c1ccc2c(c1)Cc1ccccc1-2)C(F)(F)F. The summed E-state index contributed by atoms with van der Waals surface area (Å²) in [5, 5.41) is 0. The van der Waals surface area contributed by atoms with Gasteiger partial charge in [0.1, 0.15) is 6.04 Å². The minimum Gasteiger partial charge on any atom is -0.316 e. The van der Waals surface area contributed by atoms with Gasteiger partial charge in [0, 0.05) is 0 Å². The van der Waals surface area contributed by atoms with Crippen molar-refractivity contribution in [3.8, 4) is 11.1 Å². The Labute approximate surface area is 121 Å². The zero-order valence-corrected chi connectivity index (χ0v) is 11.3. The summed E-state index contributed by atoms with van der Waals surface area (Å²) in [6.45, 7) is 0. The molecule has 0 unspecified atom stereocenters. The second-order valence-corrected chi connectivity index (χ2v) is 4.77. The maximum Gasteiger partial charge on any atom is 0.407 e. The van der Waals surface area contributed by atoms with Gasteiger partial charge in [0.05, 0.1) is 0 Å². The van der Waals surface area contributed by atoms with Gasteiger partial charge in [0.25, 0.3) is 0 Å². The second-order valence-electron chi connectivity index (χ2n) is 4.77. The van der Waals surface area contributed by atoms with Crippen LogP contribution in [0.4, 0.5) is 13.2 Å². The van der Waals surface area contributed by atoms with Crippen LogP contribution in [0.5, 0.6) is 0 Å². The number of nitrogens with two attached hydrogens (primary N) is 1. The number of benzene rings is 2. The van der Waals surface area contributed by atoms with Gasteiger partial charge in [-0.1, -0.05) is 42.5 Å². The summed E-state index contributed by atoms with van der Waals surface area (Å²) in [7, 11) is 0. The molecule has 3 rings (SSSR count). The van der Waals surface area contributed by atoms with Gasteiger partial charge < -0.3 is 5.73 Å². The van der Waals surface area contributed by atoms with Gasteiger partial charge in [-0.3, -0.25) is 0 Å². The molecule has 0 radical (unpaired) electrons. The molecule has 5 heteroatoms. The molecule has 1 aliphatic rings. The van der Waals surface area contributed by atoms with Crippen molar-refractivity contribution in [1.82, 2.24) is 0 Å². The lowest BCUT2D eigenvalue weighted by Crippen LogP contribution is -2.28. The van der Waals surface area contributed by atoms with Crippen molar-refractivity contribution in [2.24, 2.45) is 5.73 Å². The first-order valence-corrected chi connectivity index (χ1v) is 6.00. The summed E-state index contributed by atoms with van der Waals surface area (Å²) in [5.41, 5.74) is 9.54. The highest BCUT2D eigenvalue weighted by Gasteiger charge is 2.38. The molecule has 2 N–H and O–H groups in total. The lowest BCUT2D eigenvalue weighted by Gasteiger charge is -2.16. The van der Waals surface area contributed by atoms with Crippen LogP contribution in [0.15, 0.2) is 42.5 Å². The van der Waals surface area contributed by atoms with E-state index in [2.05, 4.69) is 0 Å². The normalized spacial score (nSPS) is 14.2. The first-order valence-electron chi connectivity index (χ1n) is 6.00. The van der Waals surface area contributed by atoms with Crippen molar-refractivity contribution < 1.29 is 13.2 Å². The minimum absolute atomic E-state index is 0. The summed E-state index contributed by atoms with van der Waals surface area (Å²) >= 11 is 0. The Morgan fingerprint density at radius 1 is 0.950 bits per heavy atom. The largest absolute Gasteiger partial charge is 0.407 e. The van der Waals surface area contributed by atoms with Gasteiger partial charge in [0.15, 0.2) is 0 Å².